The number of carbonyl (C=O) groups is 1. The Morgan fingerprint density at radius 2 is 1.88 bits per heavy atom. The first-order valence-electron chi connectivity index (χ1n) is 8.13. The van der Waals surface area contributed by atoms with Crippen molar-refractivity contribution in [3.63, 3.8) is 0 Å². The van der Waals surface area contributed by atoms with Crippen LogP contribution in [0.5, 0.6) is 0 Å². The predicted octanol–water partition coefficient (Wildman–Crippen LogP) is 4.61. The average molecular weight is 316 g/mol. The van der Waals surface area contributed by atoms with Crippen LogP contribution in [0.3, 0.4) is 0 Å². The molecule has 0 bridgehead atoms. The maximum absolute atomic E-state index is 12.6. The van der Waals surface area contributed by atoms with E-state index in [1.807, 2.05) is 37.3 Å². The maximum Gasteiger partial charge on any atom is 0.180 e. The van der Waals surface area contributed by atoms with Gasteiger partial charge in [-0.15, -0.1) is 0 Å². The van der Waals surface area contributed by atoms with Crippen LogP contribution >= 0.6 is 0 Å². The van der Waals surface area contributed by atoms with Crippen LogP contribution in [-0.4, -0.2) is 11.8 Å². The number of fused-ring (bicyclic) bond motifs is 1. The number of allylic oxidation sites excluding steroid dienone is 1. The molecule has 0 aliphatic carbocycles. The summed E-state index contributed by atoms with van der Waals surface area (Å²) in [6.45, 7) is 4.04. The Kier molecular flexibility index (Phi) is 4.48. The SMILES string of the molecule is CC1=C[C@H](C[C@@H](C#N)C(=O)c2ccc(C)cc2)Nc2ccccc21. The number of carbonyl (C=O) groups excluding carboxylic acids is 1. The van der Waals surface area contributed by atoms with Gasteiger partial charge in [0.2, 0.25) is 0 Å². The zero-order valence-corrected chi connectivity index (χ0v) is 13.9. The lowest BCUT2D eigenvalue weighted by molar-refractivity contribution is 0.0943. The van der Waals surface area contributed by atoms with Crippen molar-refractivity contribution in [3.8, 4) is 6.07 Å². The molecule has 0 aromatic heterocycles. The molecule has 0 radical (unpaired) electrons. The number of ketones is 1. The largest absolute Gasteiger partial charge is 0.378 e. The second-order valence-electron chi connectivity index (χ2n) is 6.29. The minimum Gasteiger partial charge on any atom is -0.378 e. The number of rotatable bonds is 4. The molecule has 120 valence electrons. The Hall–Kier alpha value is -2.86. The van der Waals surface area contributed by atoms with Crippen LogP contribution in [-0.2, 0) is 0 Å². The molecule has 1 aliphatic rings. The minimum absolute atomic E-state index is 0.0149. The molecular weight excluding hydrogens is 296 g/mol. The van der Waals surface area contributed by atoms with Gasteiger partial charge in [-0.1, -0.05) is 54.1 Å². The lowest BCUT2D eigenvalue weighted by Gasteiger charge is -2.26. The first kappa shape index (κ1) is 16.0. The summed E-state index contributed by atoms with van der Waals surface area (Å²) >= 11 is 0. The molecule has 2 atom stereocenters. The standard InChI is InChI=1S/C21H20N2O/c1-14-7-9-16(10-8-14)21(24)17(13-22)12-18-11-15(2)19-5-3-4-6-20(19)23-18/h3-11,17-18,23H,12H2,1-2H3/t17-,18+/m0/s1. The fraction of sp³-hybridized carbons (Fsp3) is 0.238. The Morgan fingerprint density at radius 3 is 2.58 bits per heavy atom. The van der Waals surface area contributed by atoms with Crippen molar-refractivity contribution in [1.82, 2.24) is 0 Å². The van der Waals surface area contributed by atoms with Crippen molar-refractivity contribution in [1.29, 1.82) is 5.26 Å². The summed E-state index contributed by atoms with van der Waals surface area (Å²) in [4.78, 5) is 12.6. The number of aryl methyl sites for hydroxylation is 1. The van der Waals surface area contributed by atoms with E-state index in [2.05, 4.69) is 30.5 Å². The number of nitriles is 1. The number of anilines is 1. The molecule has 0 unspecified atom stereocenters. The second kappa shape index (κ2) is 6.72. The molecule has 0 saturated heterocycles. The van der Waals surface area contributed by atoms with Gasteiger partial charge >= 0.3 is 0 Å². The molecule has 2 aromatic carbocycles. The van der Waals surface area contributed by atoms with Crippen LogP contribution < -0.4 is 5.32 Å². The first-order chi connectivity index (χ1) is 11.6. The Balaban J connectivity index is 1.77. The van der Waals surface area contributed by atoms with E-state index in [-0.39, 0.29) is 11.8 Å². The molecule has 3 heteroatoms. The number of benzene rings is 2. The average Bonchev–Trinajstić information content (AvgIpc) is 2.60. The molecule has 3 rings (SSSR count). The predicted molar refractivity (Wildman–Crippen MR) is 96.7 cm³/mol. The van der Waals surface area contributed by atoms with Gasteiger partial charge in [-0.2, -0.15) is 5.26 Å². The van der Waals surface area contributed by atoms with E-state index in [0.29, 0.717) is 12.0 Å². The van der Waals surface area contributed by atoms with Gasteiger partial charge in [0, 0.05) is 22.9 Å². The molecule has 2 aromatic rings. The molecule has 0 fully saturated rings. The summed E-state index contributed by atoms with van der Waals surface area (Å²) < 4.78 is 0. The number of hydrogen-bond donors (Lipinski definition) is 1. The number of hydrogen-bond acceptors (Lipinski definition) is 3. The summed E-state index contributed by atoms with van der Waals surface area (Å²) in [6, 6.07) is 17.7. The van der Waals surface area contributed by atoms with E-state index < -0.39 is 5.92 Å². The van der Waals surface area contributed by atoms with Gasteiger partial charge in [0.15, 0.2) is 5.78 Å². The van der Waals surface area contributed by atoms with Crippen LogP contribution in [0.2, 0.25) is 0 Å². The molecule has 3 nitrogen and oxygen atoms in total. The van der Waals surface area contributed by atoms with E-state index in [0.717, 1.165) is 11.3 Å². The topological polar surface area (TPSA) is 52.9 Å². The minimum atomic E-state index is -0.653. The fourth-order valence-electron chi connectivity index (χ4n) is 3.10. The molecule has 1 aliphatic heterocycles. The van der Waals surface area contributed by atoms with Crippen molar-refractivity contribution in [3.05, 3.63) is 71.3 Å². The molecule has 0 amide bonds. The molecule has 1 heterocycles. The molecule has 1 N–H and O–H groups in total. The highest BCUT2D eigenvalue weighted by Crippen LogP contribution is 2.31. The second-order valence-corrected chi connectivity index (χ2v) is 6.29. The third-order valence-corrected chi connectivity index (χ3v) is 4.44. The molecule has 0 spiro atoms. The van der Waals surface area contributed by atoms with E-state index in [9.17, 15) is 10.1 Å². The van der Waals surface area contributed by atoms with Crippen molar-refractivity contribution in [2.75, 3.05) is 5.32 Å². The highest BCUT2D eigenvalue weighted by molar-refractivity contribution is 5.99. The van der Waals surface area contributed by atoms with Gasteiger partial charge in [-0.25, -0.2) is 0 Å². The fourth-order valence-corrected chi connectivity index (χ4v) is 3.10. The van der Waals surface area contributed by atoms with Crippen molar-refractivity contribution in [2.24, 2.45) is 5.92 Å². The van der Waals surface area contributed by atoms with Crippen LogP contribution in [0.15, 0.2) is 54.6 Å². The zero-order chi connectivity index (χ0) is 17.1. The van der Waals surface area contributed by atoms with Gasteiger partial charge in [0.1, 0.15) is 5.92 Å². The van der Waals surface area contributed by atoms with Gasteiger partial charge in [-0.3, -0.25) is 4.79 Å². The lowest BCUT2D eigenvalue weighted by atomic mass is 9.89. The van der Waals surface area contributed by atoms with E-state index in [1.165, 1.54) is 11.1 Å². The molecule has 24 heavy (non-hydrogen) atoms. The summed E-state index contributed by atoms with van der Waals surface area (Å²) in [5, 5.41) is 12.9. The highest BCUT2D eigenvalue weighted by Gasteiger charge is 2.25. The zero-order valence-electron chi connectivity index (χ0n) is 13.9. The van der Waals surface area contributed by atoms with Gasteiger partial charge in [-0.05, 0) is 31.9 Å². The Labute approximate surface area is 142 Å². The Morgan fingerprint density at radius 1 is 1.17 bits per heavy atom. The van der Waals surface area contributed by atoms with E-state index in [4.69, 9.17) is 0 Å². The third-order valence-electron chi connectivity index (χ3n) is 4.44. The van der Waals surface area contributed by atoms with Crippen molar-refractivity contribution in [2.45, 2.75) is 26.3 Å². The van der Waals surface area contributed by atoms with E-state index in [1.54, 1.807) is 12.1 Å². The summed E-state index contributed by atoms with van der Waals surface area (Å²) in [7, 11) is 0. The summed E-state index contributed by atoms with van der Waals surface area (Å²) in [5.41, 5.74) is 5.11. The van der Waals surface area contributed by atoms with Gasteiger partial charge in [0.05, 0.1) is 6.07 Å². The van der Waals surface area contributed by atoms with Gasteiger partial charge < -0.3 is 5.32 Å². The lowest BCUT2D eigenvalue weighted by Crippen LogP contribution is -2.27. The van der Waals surface area contributed by atoms with Crippen molar-refractivity contribution < 1.29 is 4.79 Å². The maximum atomic E-state index is 12.6. The quantitative estimate of drug-likeness (QED) is 0.838. The Bertz CT molecular complexity index is 828. The highest BCUT2D eigenvalue weighted by atomic mass is 16.1. The number of nitrogens with zero attached hydrogens (tertiary/aromatic N) is 1. The molecule has 0 saturated carbocycles. The van der Waals surface area contributed by atoms with Crippen molar-refractivity contribution >= 4 is 17.0 Å². The number of nitrogens with one attached hydrogen (secondary N) is 1. The summed E-state index contributed by atoms with van der Waals surface area (Å²) in [5.74, 6) is -0.760. The molecular formula is C21H20N2O. The number of para-hydroxylation sites is 1. The number of Topliss-reactive ketones (excluding diaryl/α,β-unsaturated/α-hetero) is 1. The summed E-state index contributed by atoms with van der Waals surface area (Å²) in [6.07, 6.45) is 2.57. The monoisotopic (exact) mass is 316 g/mol. The van der Waals surface area contributed by atoms with Gasteiger partial charge in [0.25, 0.3) is 0 Å². The van der Waals surface area contributed by atoms with Crippen LogP contribution in [0, 0.1) is 24.2 Å². The van der Waals surface area contributed by atoms with E-state index >= 15 is 0 Å². The third kappa shape index (κ3) is 3.23. The van der Waals surface area contributed by atoms with Crippen LogP contribution in [0.4, 0.5) is 5.69 Å². The smallest absolute Gasteiger partial charge is 0.180 e. The normalized spacial score (nSPS) is 17.0. The first-order valence-corrected chi connectivity index (χ1v) is 8.13. The van der Waals surface area contributed by atoms with Crippen LogP contribution in [0.1, 0.15) is 34.8 Å². The van der Waals surface area contributed by atoms with Crippen LogP contribution in [0.25, 0.3) is 5.57 Å².